The van der Waals surface area contributed by atoms with Crippen molar-refractivity contribution in [2.24, 2.45) is 0 Å². The molecule has 13 heavy (non-hydrogen) atoms. The van der Waals surface area contributed by atoms with Crippen LogP contribution >= 0.6 is 0 Å². The molecule has 0 saturated heterocycles. The van der Waals surface area contributed by atoms with Gasteiger partial charge in [0, 0.05) is 6.61 Å². The van der Waals surface area contributed by atoms with Gasteiger partial charge in [-0.15, -0.1) is 0 Å². The molecule has 3 nitrogen and oxygen atoms in total. The molecule has 78 valence electrons. The van der Waals surface area contributed by atoms with Gasteiger partial charge in [0.2, 0.25) is 0 Å². The molecule has 0 spiro atoms. The van der Waals surface area contributed by atoms with Crippen LogP contribution < -0.4 is 0 Å². The first kappa shape index (κ1) is 11.0. The predicted molar refractivity (Wildman–Crippen MR) is 52.5 cm³/mol. The van der Waals surface area contributed by atoms with Gasteiger partial charge in [0.05, 0.1) is 17.1 Å². The zero-order valence-electron chi connectivity index (χ0n) is 8.32. The summed E-state index contributed by atoms with van der Waals surface area (Å²) in [6, 6.07) is 0. The van der Waals surface area contributed by atoms with Crippen molar-refractivity contribution >= 4 is 9.84 Å². The minimum Gasteiger partial charge on any atom is -0.379 e. The van der Waals surface area contributed by atoms with Crippen LogP contribution in [0, 0.1) is 0 Å². The molecule has 0 aromatic carbocycles. The van der Waals surface area contributed by atoms with Gasteiger partial charge < -0.3 is 4.74 Å². The first-order valence-corrected chi connectivity index (χ1v) is 6.57. The Hall–Kier alpha value is -0.0900. The van der Waals surface area contributed by atoms with E-state index in [1.165, 1.54) is 0 Å². The third-order valence-corrected chi connectivity index (χ3v) is 4.40. The molecule has 0 N–H and O–H groups in total. The second kappa shape index (κ2) is 4.42. The Bertz CT molecular complexity index is 240. The Morgan fingerprint density at radius 1 is 1.38 bits per heavy atom. The third kappa shape index (κ3) is 4.09. The maximum Gasteiger partial charge on any atom is 0.153 e. The lowest BCUT2D eigenvalue weighted by Crippen LogP contribution is -2.14. The van der Waals surface area contributed by atoms with E-state index in [-0.39, 0.29) is 11.4 Å². The molecule has 4 heteroatoms. The smallest absolute Gasteiger partial charge is 0.153 e. The van der Waals surface area contributed by atoms with E-state index in [1.807, 2.05) is 13.8 Å². The molecule has 0 unspecified atom stereocenters. The van der Waals surface area contributed by atoms with Crippen molar-refractivity contribution in [1.29, 1.82) is 0 Å². The van der Waals surface area contributed by atoms with Gasteiger partial charge in [0.25, 0.3) is 0 Å². The first-order valence-electron chi connectivity index (χ1n) is 4.85. The van der Waals surface area contributed by atoms with E-state index < -0.39 is 9.84 Å². The number of sulfone groups is 1. The van der Waals surface area contributed by atoms with Gasteiger partial charge in [-0.05, 0) is 33.1 Å². The second-order valence-electron chi connectivity index (χ2n) is 3.84. The van der Waals surface area contributed by atoms with E-state index in [4.69, 9.17) is 4.74 Å². The zero-order valence-corrected chi connectivity index (χ0v) is 9.14. The minimum atomic E-state index is -2.77. The number of hydrogen-bond acceptors (Lipinski definition) is 3. The summed E-state index contributed by atoms with van der Waals surface area (Å²) in [5, 5.41) is -0.0217. The van der Waals surface area contributed by atoms with Crippen LogP contribution in [-0.4, -0.2) is 32.1 Å². The fraction of sp³-hybridized carbons (Fsp3) is 1.00. The van der Waals surface area contributed by atoms with Gasteiger partial charge in [-0.2, -0.15) is 0 Å². The fourth-order valence-corrected chi connectivity index (χ4v) is 2.88. The summed E-state index contributed by atoms with van der Waals surface area (Å²) in [6.45, 7) is 4.47. The average molecular weight is 206 g/mol. The molecule has 0 aromatic rings. The Morgan fingerprint density at radius 2 is 2.00 bits per heavy atom. The SMILES string of the molecule is CC(C)OCCCS(=O)(=O)C1CC1. The summed E-state index contributed by atoms with van der Waals surface area (Å²) in [6.07, 6.45) is 2.57. The summed E-state index contributed by atoms with van der Waals surface area (Å²) in [4.78, 5) is 0. The van der Waals surface area contributed by atoms with Gasteiger partial charge in [-0.1, -0.05) is 0 Å². The predicted octanol–water partition coefficient (Wildman–Crippen LogP) is 1.38. The van der Waals surface area contributed by atoms with Crippen LogP contribution in [0.25, 0.3) is 0 Å². The highest BCUT2D eigenvalue weighted by atomic mass is 32.2. The maximum atomic E-state index is 11.4. The van der Waals surface area contributed by atoms with Crippen LogP contribution in [0.2, 0.25) is 0 Å². The molecule has 1 aliphatic rings. The molecule has 0 aromatic heterocycles. The zero-order chi connectivity index (χ0) is 9.90. The van der Waals surface area contributed by atoms with E-state index in [9.17, 15) is 8.42 Å². The number of hydrogen-bond donors (Lipinski definition) is 0. The molecule has 1 saturated carbocycles. The molecule has 1 rings (SSSR count). The molecule has 0 atom stereocenters. The fourth-order valence-electron chi connectivity index (χ4n) is 1.17. The van der Waals surface area contributed by atoms with Crippen molar-refractivity contribution < 1.29 is 13.2 Å². The molecule has 0 heterocycles. The normalized spacial score (nSPS) is 18.1. The highest BCUT2D eigenvalue weighted by Gasteiger charge is 2.34. The Balaban J connectivity index is 2.11. The second-order valence-corrected chi connectivity index (χ2v) is 6.24. The lowest BCUT2D eigenvalue weighted by atomic mass is 10.4. The lowest BCUT2D eigenvalue weighted by molar-refractivity contribution is 0.0797. The van der Waals surface area contributed by atoms with Crippen LogP contribution in [0.15, 0.2) is 0 Å². The van der Waals surface area contributed by atoms with Crippen molar-refractivity contribution in [3.63, 3.8) is 0 Å². The Kier molecular flexibility index (Phi) is 3.74. The van der Waals surface area contributed by atoms with Gasteiger partial charge in [-0.25, -0.2) is 8.42 Å². The van der Waals surface area contributed by atoms with E-state index in [0.717, 1.165) is 12.8 Å². The molecule has 0 aliphatic heterocycles. The van der Waals surface area contributed by atoms with E-state index in [0.29, 0.717) is 18.8 Å². The number of rotatable bonds is 6. The molecule has 0 bridgehead atoms. The van der Waals surface area contributed by atoms with Crippen molar-refractivity contribution in [3.05, 3.63) is 0 Å². The molecule has 0 radical (unpaired) electrons. The van der Waals surface area contributed by atoms with Crippen LogP contribution in [0.1, 0.15) is 33.1 Å². The molecule has 0 amide bonds. The Labute approximate surface area is 80.4 Å². The Morgan fingerprint density at radius 3 is 2.46 bits per heavy atom. The van der Waals surface area contributed by atoms with Gasteiger partial charge in [0.15, 0.2) is 9.84 Å². The summed E-state index contributed by atoms with van der Waals surface area (Å²) < 4.78 is 28.0. The monoisotopic (exact) mass is 206 g/mol. The molecule has 1 aliphatic carbocycles. The van der Waals surface area contributed by atoms with Crippen molar-refractivity contribution in [3.8, 4) is 0 Å². The summed E-state index contributed by atoms with van der Waals surface area (Å²) >= 11 is 0. The highest BCUT2D eigenvalue weighted by molar-refractivity contribution is 7.92. The summed E-state index contributed by atoms with van der Waals surface area (Å²) in [7, 11) is -2.77. The quantitative estimate of drug-likeness (QED) is 0.617. The highest BCUT2D eigenvalue weighted by Crippen LogP contribution is 2.29. The van der Waals surface area contributed by atoms with Crippen LogP contribution in [0.5, 0.6) is 0 Å². The third-order valence-electron chi connectivity index (χ3n) is 2.06. The maximum absolute atomic E-state index is 11.4. The van der Waals surface area contributed by atoms with Crippen LogP contribution in [-0.2, 0) is 14.6 Å². The minimum absolute atomic E-state index is 0.0217. The molecule has 1 fully saturated rings. The van der Waals surface area contributed by atoms with E-state index in [2.05, 4.69) is 0 Å². The summed E-state index contributed by atoms with van der Waals surface area (Å²) in [5.74, 6) is 0.296. The van der Waals surface area contributed by atoms with Crippen molar-refractivity contribution in [2.75, 3.05) is 12.4 Å². The standard InChI is InChI=1S/C9H18O3S/c1-8(2)12-6-3-7-13(10,11)9-4-5-9/h8-9H,3-7H2,1-2H3. The first-order chi connectivity index (χ1) is 6.02. The summed E-state index contributed by atoms with van der Waals surface area (Å²) in [5.41, 5.74) is 0. The van der Waals surface area contributed by atoms with Gasteiger partial charge in [0.1, 0.15) is 0 Å². The van der Waals surface area contributed by atoms with Gasteiger partial charge in [-0.3, -0.25) is 0 Å². The lowest BCUT2D eigenvalue weighted by Gasteiger charge is -2.06. The van der Waals surface area contributed by atoms with Crippen LogP contribution in [0.3, 0.4) is 0 Å². The van der Waals surface area contributed by atoms with Crippen LogP contribution in [0.4, 0.5) is 0 Å². The molecular formula is C9H18O3S. The largest absolute Gasteiger partial charge is 0.379 e. The van der Waals surface area contributed by atoms with Crippen molar-refractivity contribution in [1.82, 2.24) is 0 Å². The number of ether oxygens (including phenoxy) is 1. The van der Waals surface area contributed by atoms with Crippen molar-refractivity contribution in [2.45, 2.75) is 44.5 Å². The topological polar surface area (TPSA) is 43.4 Å². The van der Waals surface area contributed by atoms with E-state index >= 15 is 0 Å². The molecular weight excluding hydrogens is 188 g/mol. The average Bonchev–Trinajstić information content (AvgIpc) is 2.79. The van der Waals surface area contributed by atoms with Gasteiger partial charge >= 0.3 is 0 Å². The van der Waals surface area contributed by atoms with E-state index in [1.54, 1.807) is 0 Å².